The molecule has 16 heavy (non-hydrogen) atoms. The normalized spacial score (nSPS) is 13.6. The van der Waals surface area contributed by atoms with Crippen LogP contribution in [-0.2, 0) is 4.79 Å². The smallest absolute Gasteiger partial charge is 0.395 e. The lowest BCUT2D eigenvalue weighted by Crippen LogP contribution is -2.41. The molecule has 0 aromatic heterocycles. The van der Waals surface area contributed by atoms with Crippen molar-refractivity contribution >= 4 is 5.91 Å². The Bertz CT molecular complexity index is 219. The molecule has 0 fully saturated rings. The van der Waals surface area contributed by atoms with E-state index in [9.17, 15) is 18.0 Å². The Labute approximate surface area is 93.2 Å². The van der Waals surface area contributed by atoms with Crippen LogP contribution in [0.15, 0.2) is 0 Å². The highest BCUT2D eigenvalue weighted by atomic mass is 19.4. The second-order valence-corrected chi connectivity index (χ2v) is 3.87. The van der Waals surface area contributed by atoms with Crippen LogP contribution < -0.4 is 0 Å². The van der Waals surface area contributed by atoms with Gasteiger partial charge in [0, 0.05) is 13.0 Å². The average Bonchev–Trinajstić information content (AvgIpc) is 2.14. The van der Waals surface area contributed by atoms with E-state index in [4.69, 9.17) is 5.11 Å². The molecule has 0 heterocycles. The number of aliphatic hydroxyl groups excluding tert-OH is 1. The molecule has 0 saturated heterocycles. The fourth-order valence-corrected chi connectivity index (χ4v) is 1.20. The summed E-state index contributed by atoms with van der Waals surface area (Å²) in [4.78, 5) is 12.2. The van der Waals surface area contributed by atoms with Crippen LogP contribution in [0.1, 0.15) is 26.7 Å². The van der Waals surface area contributed by atoms with Gasteiger partial charge in [0.05, 0.1) is 6.61 Å². The highest BCUT2D eigenvalue weighted by Gasteiger charge is 2.32. The van der Waals surface area contributed by atoms with Crippen LogP contribution in [0.5, 0.6) is 0 Å². The first kappa shape index (κ1) is 15.2. The standard InChI is InChI=1S/C10H18F3NO2/c1-3-8(2)6-9(16)14(4-5-15)7-10(11,12)13/h8,15H,3-7H2,1-2H3. The summed E-state index contributed by atoms with van der Waals surface area (Å²) in [5.74, 6) is -0.498. The lowest BCUT2D eigenvalue weighted by Gasteiger charge is -2.24. The van der Waals surface area contributed by atoms with E-state index in [0.29, 0.717) is 4.90 Å². The minimum Gasteiger partial charge on any atom is -0.395 e. The van der Waals surface area contributed by atoms with Crippen molar-refractivity contribution in [2.45, 2.75) is 32.9 Å². The summed E-state index contributed by atoms with van der Waals surface area (Å²) < 4.78 is 36.4. The molecule has 0 spiro atoms. The van der Waals surface area contributed by atoms with Crippen LogP contribution >= 0.6 is 0 Å². The van der Waals surface area contributed by atoms with Gasteiger partial charge in [-0.3, -0.25) is 4.79 Å². The minimum absolute atomic E-state index is 0.0573. The molecule has 0 aromatic carbocycles. The van der Waals surface area contributed by atoms with Crippen molar-refractivity contribution in [2.75, 3.05) is 19.7 Å². The summed E-state index contributed by atoms with van der Waals surface area (Å²) in [5, 5.41) is 8.61. The molecule has 0 aliphatic rings. The van der Waals surface area contributed by atoms with Crippen molar-refractivity contribution in [1.29, 1.82) is 0 Å². The Morgan fingerprint density at radius 1 is 1.44 bits per heavy atom. The van der Waals surface area contributed by atoms with Crippen molar-refractivity contribution in [3.63, 3.8) is 0 Å². The summed E-state index contributed by atoms with van der Waals surface area (Å²) in [6, 6.07) is 0. The summed E-state index contributed by atoms with van der Waals surface area (Å²) >= 11 is 0. The van der Waals surface area contributed by atoms with Crippen molar-refractivity contribution in [3.05, 3.63) is 0 Å². The van der Waals surface area contributed by atoms with Gasteiger partial charge in [0.15, 0.2) is 0 Å². The summed E-state index contributed by atoms with van der Waals surface area (Å²) in [6.45, 7) is 1.67. The first-order valence-electron chi connectivity index (χ1n) is 5.25. The molecule has 0 aromatic rings. The van der Waals surface area contributed by atoms with Gasteiger partial charge in [-0.15, -0.1) is 0 Å². The zero-order valence-electron chi connectivity index (χ0n) is 9.55. The van der Waals surface area contributed by atoms with Gasteiger partial charge < -0.3 is 10.0 Å². The van der Waals surface area contributed by atoms with Crippen LogP contribution in [0.4, 0.5) is 13.2 Å². The van der Waals surface area contributed by atoms with Gasteiger partial charge in [-0.25, -0.2) is 0 Å². The minimum atomic E-state index is -4.42. The van der Waals surface area contributed by atoms with E-state index < -0.39 is 25.2 Å². The van der Waals surface area contributed by atoms with Crippen molar-refractivity contribution in [3.8, 4) is 0 Å². The maximum absolute atomic E-state index is 12.1. The Kier molecular flexibility index (Phi) is 6.40. The maximum Gasteiger partial charge on any atom is 0.406 e. The van der Waals surface area contributed by atoms with Gasteiger partial charge in [0.25, 0.3) is 0 Å². The lowest BCUT2D eigenvalue weighted by molar-refractivity contribution is -0.162. The van der Waals surface area contributed by atoms with E-state index in [1.54, 1.807) is 0 Å². The lowest BCUT2D eigenvalue weighted by atomic mass is 10.0. The van der Waals surface area contributed by atoms with E-state index in [2.05, 4.69) is 0 Å². The number of rotatable bonds is 6. The van der Waals surface area contributed by atoms with Crippen molar-refractivity contribution in [1.82, 2.24) is 4.90 Å². The van der Waals surface area contributed by atoms with Crippen LogP contribution in [0, 0.1) is 5.92 Å². The molecule has 0 bridgehead atoms. The van der Waals surface area contributed by atoms with Crippen LogP contribution in [0.25, 0.3) is 0 Å². The summed E-state index contributed by atoms with van der Waals surface area (Å²) in [5.41, 5.74) is 0. The molecular weight excluding hydrogens is 223 g/mol. The van der Waals surface area contributed by atoms with E-state index >= 15 is 0 Å². The molecule has 1 amide bonds. The molecule has 1 atom stereocenters. The summed E-state index contributed by atoms with van der Waals surface area (Å²) in [7, 11) is 0. The van der Waals surface area contributed by atoms with Gasteiger partial charge in [-0.05, 0) is 5.92 Å². The Balaban J connectivity index is 4.35. The third kappa shape index (κ3) is 6.66. The zero-order valence-corrected chi connectivity index (χ0v) is 9.55. The molecule has 3 nitrogen and oxygen atoms in total. The largest absolute Gasteiger partial charge is 0.406 e. The molecule has 0 saturated carbocycles. The predicted molar refractivity (Wildman–Crippen MR) is 53.8 cm³/mol. The number of carbonyl (C=O) groups is 1. The third-order valence-electron chi connectivity index (χ3n) is 2.31. The summed E-state index contributed by atoms with van der Waals surface area (Å²) in [6.07, 6.45) is -3.59. The van der Waals surface area contributed by atoms with Gasteiger partial charge in [-0.2, -0.15) is 13.2 Å². The number of alkyl halides is 3. The van der Waals surface area contributed by atoms with Gasteiger partial charge >= 0.3 is 6.18 Å². The Morgan fingerprint density at radius 3 is 2.38 bits per heavy atom. The molecule has 6 heteroatoms. The van der Waals surface area contributed by atoms with E-state index in [0.717, 1.165) is 6.42 Å². The van der Waals surface area contributed by atoms with Gasteiger partial charge in [0.2, 0.25) is 5.91 Å². The maximum atomic E-state index is 12.1. The van der Waals surface area contributed by atoms with Gasteiger partial charge in [-0.1, -0.05) is 20.3 Å². The quantitative estimate of drug-likeness (QED) is 0.770. The molecule has 96 valence electrons. The molecule has 1 unspecified atom stereocenters. The number of carbonyl (C=O) groups excluding carboxylic acids is 1. The van der Waals surface area contributed by atoms with E-state index in [-0.39, 0.29) is 18.9 Å². The van der Waals surface area contributed by atoms with Gasteiger partial charge in [0.1, 0.15) is 6.54 Å². The van der Waals surface area contributed by atoms with Crippen LogP contribution in [-0.4, -0.2) is 41.8 Å². The predicted octanol–water partition coefficient (Wildman–Crippen LogP) is 1.81. The molecule has 0 radical (unpaired) electrons. The molecular formula is C10H18F3NO2. The first-order valence-corrected chi connectivity index (χ1v) is 5.25. The average molecular weight is 241 g/mol. The molecule has 0 aliphatic heterocycles. The number of halogens is 3. The number of amides is 1. The van der Waals surface area contributed by atoms with E-state index in [1.165, 1.54) is 0 Å². The second-order valence-electron chi connectivity index (χ2n) is 3.87. The van der Waals surface area contributed by atoms with Crippen LogP contribution in [0.2, 0.25) is 0 Å². The number of nitrogens with zero attached hydrogens (tertiary/aromatic N) is 1. The first-order chi connectivity index (χ1) is 7.30. The van der Waals surface area contributed by atoms with Crippen LogP contribution in [0.3, 0.4) is 0 Å². The zero-order chi connectivity index (χ0) is 12.8. The second kappa shape index (κ2) is 6.73. The number of aliphatic hydroxyl groups is 1. The molecule has 0 rings (SSSR count). The van der Waals surface area contributed by atoms with Crippen molar-refractivity contribution < 1.29 is 23.1 Å². The van der Waals surface area contributed by atoms with E-state index in [1.807, 2.05) is 13.8 Å². The fraction of sp³-hybridized carbons (Fsp3) is 0.900. The highest BCUT2D eigenvalue weighted by molar-refractivity contribution is 5.76. The topological polar surface area (TPSA) is 40.5 Å². The Morgan fingerprint density at radius 2 is 2.00 bits per heavy atom. The molecule has 1 N–H and O–H groups in total. The van der Waals surface area contributed by atoms with Crippen molar-refractivity contribution in [2.24, 2.45) is 5.92 Å². The number of hydrogen-bond acceptors (Lipinski definition) is 2. The molecule has 0 aliphatic carbocycles. The fourth-order valence-electron chi connectivity index (χ4n) is 1.20. The Hall–Kier alpha value is -0.780. The monoisotopic (exact) mass is 241 g/mol. The number of hydrogen-bond donors (Lipinski definition) is 1. The third-order valence-corrected chi connectivity index (χ3v) is 2.31. The highest BCUT2D eigenvalue weighted by Crippen LogP contribution is 2.18. The SMILES string of the molecule is CCC(C)CC(=O)N(CCO)CC(F)(F)F.